The van der Waals surface area contributed by atoms with Crippen LogP contribution in [0.5, 0.6) is 5.75 Å². The first-order chi connectivity index (χ1) is 11.8. The van der Waals surface area contributed by atoms with E-state index in [0.717, 1.165) is 17.7 Å². The summed E-state index contributed by atoms with van der Waals surface area (Å²) >= 11 is -5.13. The molecule has 0 heterocycles. The monoisotopic (exact) mass is 407 g/mol. The number of hydrogen-bond acceptors (Lipinski definition) is 5. The molecule has 0 aliphatic rings. The molecule has 1 amide bonds. The number of aryl methyl sites for hydroxylation is 1. The summed E-state index contributed by atoms with van der Waals surface area (Å²) in [6, 6.07) is 12.7. The van der Waals surface area contributed by atoms with Crippen molar-refractivity contribution < 1.29 is 26.3 Å². The second kappa shape index (κ2) is 8.05. The number of phenols is 1. The molecule has 25 heavy (non-hydrogen) atoms. The zero-order chi connectivity index (χ0) is 18.4. The molecule has 2 aromatic carbocycles. The van der Waals surface area contributed by atoms with E-state index >= 15 is 0 Å². The number of benzene rings is 2. The van der Waals surface area contributed by atoms with Gasteiger partial charge in [0.15, 0.2) is 0 Å². The third-order valence-corrected chi connectivity index (χ3v) is 6.20. The van der Waals surface area contributed by atoms with E-state index in [9.17, 15) is 22.5 Å². The van der Waals surface area contributed by atoms with Gasteiger partial charge in [-0.05, 0) is 0 Å². The number of rotatable bonds is 6. The Hall–Kier alpha value is -2.50. The molecule has 2 rings (SSSR count). The van der Waals surface area contributed by atoms with Gasteiger partial charge in [-0.2, -0.15) is 0 Å². The number of phenolic OH excluding ortho intramolecular Hbond substituents is 1. The van der Waals surface area contributed by atoms with Gasteiger partial charge in [-0.3, -0.25) is 0 Å². The maximum atomic E-state index is 12.4. The number of nitrogens with one attached hydrogen (secondary N) is 1. The fourth-order valence-electron chi connectivity index (χ4n) is 2.12. The SMILES string of the molecule is CC(=O)Nc1cc([As](=O)(O)OC(=O)CCc2ccccc2)ccc1O. The van der Waals surface area contributed by atoms with Gasteiger partial charge in [0.1, 0.15) is 0 Å². The van der Waals surface area contributed by atoms with Crippen molar-refractivity contribution in [1.29, 1.82) is 0 Å². The van der Waals surface area contributed by atoms with Gasteiger partial charge in [0.05, 0.1) is 0 Å². The van der Waals surface area contributed by atoms with Crippen LogP contribution >= 0.6 is 0 Å². The van der Waals surface area contributed by atoms with E-state index in [0.29, 0.717) is 6.42 Å². The Kier molecular flexibility index (Phi) is 6.06. The van der Waals surface area contributed by atoms with Gasteiger partial charge >= 0.3 is 147 Å². The molecule has 0 aromatic heterocycles. The van der Waals surface area contributed by atoms with Gasteiger partial charge in [-0.15, -0.1) is 0 Å². The molecule has 0 aliphatic heterocycles. The number of aromatic hydroxyl groups is 1. The molecule has 7 nitrogen and oxygen atoms in total. The Morgan fingerprint density at radius 3 is 2.48 bits per heavy atom. The first-order valence-electron chi connectivity index (χ1n) is 7.48. The van der Waals surface area contributed by atoms with E-state index in [1.54, 1.807) is 0 Å². The van der Waals surface area contributed by atoms with E-state index in [4.69, 9.17) is 3.73 Å². The molecule has 0 spiro atoms. The number of hydrogen-bond donors (Lipinski definition) is 3. The minimum absolute atomic E-state index is 0.0268. The maximum absolute atomic E-state index is 12.4. The van der Waals surface area contributed by atoms with Crippen LogP contribution in [-0.4, -0.2) is 35.3 Å². The Morgan fingerprint density at radius 1 is 1.16 bits per heavy atom. The van der Waals surface area contributed by atoms with Crippen LogP contribution < -0.4 is 9.67 Å². The van der Waals surface area contributed by atoms with Gasteiger partial charge < -0.3 is 0 Å². The quantitative estimate of drug-likeness (QED) is 0.488. The molecule has 3 N–H and O–H groups in total. The van der Waals surface area contributed by atoms with Crippen LogP contribution in [0.1, 0.15) is 18.9 Å². The molecular formula is C17H18AsNO6. The summed E-state index contributed by atoms with van der Waals surface area (Å²) < 4.78 is 27.1. The van der Waals surface area contributed by atoms with Crippen molar-refractivity contribution in [2.45, 2.75) is 19.8 Å². The first-order valence-corrected chi connectivity index (χ1v) is 10.8. The van der Waals surface area contributed by atoms with Crippen molar-refractivity contribution in [3.8, 4) is 5.75 Å². The average Bonchev–Trinajstić information content (AvgIpc) is 2.55. The molecule has 0 saturated heterocycles. The van der Waals surface area contributed by atoms with Crippen LogP contribution in [0.4, 0.5) is 5.69 Å². The summed E-state index contributed by atoms with van der Waals surface area (Å²) in [4.78, 5) is 23.0. The molecule has 1 atom stereocenters. The van der Waals surface area contributed by atoms with Crippen LogP contribution in [0.15, 0.2) is 48.5 Å². The number of anilines is 1. The van der Waals surface area contributed by atoms with Crippen molar-refractivity contribution in [1.82, 2.24) is 0 Å². The van der Waals surface area contributed by atoms with Crippen molar-refractivity contribution in [2.75, 3.05) is 5.32 Å². The minimum atomic E-state index is -5.13. The van der Waals surface area contributed by atoms with Crippen molar-refractivity contribution in [3.05, 3.63) is 54.1 Å². The second-order valence-corrected chi connectivity index (χ2v) is 9.00. The molecule has 2 aromatic rings. The normalized spacial score (nSPS) is 12.9. The van der Waals surface area contributed by atoms with Crippen LogP contribution in [0.2, 0.25) is 0 Å². The first kappa shape index (κ1) is 18.8. The summed E-state index contributed by atoms with van der Waals surface area (Å²) in [7, 11) is 0. The van der Waals surface area contributed by atoms with E-state index in [1.807, 2.05) is 30.3 Å². The van der Waals surface area contributed by atoms with Crippen LogP contribution in [0.25, 0.3) is 0 Å². The van der Waals surface area contributed by atoms with E-state index in [-0.39, 0.29) is 22.2 Å². The zero-order valence-electron chi connectivity index (χ0n) is 13.5. The third-order valence-electron chi connectivity index (χ3n) is 3.30. The van der Waals surface area contributed by atoms with Crippen LogP contribution in [0.3, 0.4) is 0 Å². The molecule has 0 saturated carbocycles. The third kappa shape index (κ3) is 5.51. The molecule has 8 heteroatoms. The van der Waals surface area contributed by atoms with Gasteiger partial charge in [0.25, 0.3) is 0 Å². The van der Waals surface area contributed by atoms with Gasteiger partial charge in [0, 0.05) is 0 Å². The topological polar surface area (TPSA) is 113 Å². The number of amides is 1. The van der Waals surface area contributed by atoms with Crippen LogP contribution in [-0.2, 0) is 23.5 Å². The molecule has 0 aliphatic carbocycles. The molecular weight excluding hydrogens is 389 g/mol. The Labute approximate surface area is 147 Å². The van der Waals surface area contributed by atoms with Gasteiger partial charge in [-0.1, -0.05) is 0 Å². The summed E-state index contributed by atoms with van der Waals surface area (Å²) in [5, 5.41) is 12.0. The standard InChI is InChI=1S/C17H18AsNO6/c1-12(20)19-15-11-14(8-9-16(15)21)18(23,24)25-17(22)10-7-13-5-3-2-4-6-13/h2-6,8-9,11,21H,7,10H2,1H3,(H,19,20)(H,23,24). The zero-order valence-corrected chi connectivity index (χ0v) is 15.4. The summed E-state index contributed by atoms with van der Waals surface area (Å²) in [6.07, 6.45) is 0.356. The number of carbonyl (C=O) groups is 2. The Balaban J connectivity index is 2.06. The number of carbonyl (C=O) groups excluding carboxylic acids is 2. The van der Waals surface area contributed by atoms with E-state index in [2.05, 4.69) is 5.32 Å². The van der Waals surface area contributed by atoms with Crippen LogP contribution in [0, 0.1) is 0 Å². The Morgan fingerprint density at radius 2 is 1.84 bits per heavy atom. The van der Waals surface area contributed by atoms with E-state index in [1.165, 1.54) is 13.0 Å². The molecule has 132 valence electrons. The fraction of sp³-hybridized carbons (Fsp3) is 0.176. The second-order valence-electron chi connectivity index (χ2n) is 5.35. The molecule has 0 fully saturated rings. The summed E-state index contributed by atoms with van der Waals surface area (Å²) in [5.74, 6) is -1.50. The average molecular weight is 407 g/mol. The van der Waals surface area contributed by atoms with Gasteiger partial charge in [0.2, 0.25) is 0 Å². The van der Waals surface area contributed by atoms with E-state index < -0.39 is 26.0 Å². The predicted octanol–water partition coefficient (Wildman–Crippen LogP) is 1.10. The summed E-state index contributed by atoms with van der Waals surface area (Å²) in [6.45, 7) is 1.24. The van der Waals surface area contributed by atoms with Crippen molar-refractivity contribution in [2.24, 2.45) is 0 Å². The molecule has 1 unspecified atom stereocenters. The summed E-state index contributed by atoms with van der Waals surface area (Å²) in [5.41, 5.74) is 0.887. The Bertz CT molecular complexity index is 821. The fourth-order valence-corrected chi connectivity index (χ4v) is 4.27. The molecule has 0 bridgehead atoms. The predicted molar refractivity (Wildman–Crippen MR) is 91.6 cm³/mol. The molecule has 0 radical (unpaired) electrons. The van der Waals surface area contributed by atoms with Gasteiger partial charge in [-0.25, -0.2) is 0 Å². The van der Waals surface area contributed by atoms with Crippen molar-refractivity contribution in [3.63, 3.8) is 0 Å². The van der Waals surface area contributed by atoms with Crippen molar-refractivity contribution >= 4 is 36.1 Å².